The lowest BCUT2D eigenvalue weighted by molar-refractivity contribution is 0.0697. The molecule has 2 N–H and O–H groups in total. The third-order valence-electron chi connectivity index (χ3n) is 4.64. The Morgan fingerprint density at radius 1 is 1.13 bits per heavy atom. The average Bonchev–Trinajstić information content (AvgIpc) is 2.91. The van der Waals surface area contributed by atoms with Crippen molar-refractivity contribution in [3.63, 3.8) is 0 Å². The van der Waals surface area contributed by atoms with Crippen LogP contribution in [-0.2, 0) is 10.8 Å². The van der Waals surface area contributed by atoms with Gasteiger partial charge < -0.3 is 10.4 Å². The molecule has 1 aliphatic carbocycles. The first-order valence-corrected chi connectivity index (χ1v) is 8.63. The van der Waals surface area contributed by atoms with Gasteiger partial charge in [-0.15, -0.1) is 11.3 Å². The first-order valence-electron chi connectivity index (χ1n) is 7.81. The molecule has 5 heteroatoms. The van der Waals surface area contributed by atoms with E-state index in [0.29, 0.717) is 0 Å². The Bertz CT molecular complexity index is 711. The predicted octanol–water partition coefficient (Wildman–Crippen LogP) is 4.93. The van der Waals surface area contributed by atoms with Crippen molar-refractivity contribution >= 4 is 28.1 Å². The maximum Gasteiger partial charge on any atom is 0.335 e. The Balaban J connectivity index is 1.90. The van der Waals surface area contributed by atoms with Crippen LogP contribution < -0.4 is 5.32 Å². The number of fused-ring (bicyclic) bond motifs is 1. The summed E-state index contributed by atoms with van der Waals surface area (Å²) in [7, 11) is 0. The number of hydrogen-bond acceptors (Lipinski definition) is 4. The lowest BCUT2D eigenvalue weighted by Gasteiger charge is -2.37. The van der Waals surface area contributed by atoms with Crippen molar-refractivity contribution in [2.75, 3.05) is 5.32 Å². The first kappa shape index (κ1) is 16.0. The van der Waals surface area contributed by atoms with Gasteiger partial charge >= 0.3 is 5.97 Å². The van der Waals surface area contributed by atoms with Crippen LogP contribution in [-0.4, -0.2) is 16.1 Å². The minimum atomic E-state index is -0.912. The van der Waals surface area contributed by atoms with Crippen LogP contribution in [0.5, 0.6) is 0 Å². The van der Waals surface area contributed by atoms with E-state index in [1.54, 1.807) is 35.6 Å². The van der Waals surface area contributed by atoms with E-state index >= 15 is 0 Å². The molecule has 23 heavy (non-hydrogen) atoms. The number of aromatic nitrogens is 1. The molecular weight excluding hydrogens is 308 g/mol. The Morgan fingerprint density at radius 3 is 2.30 bits per heavy atom. The van der Waals surface area contributed by atoms with Gasteiger partial charge in [-0.3, -0.25) is 0 Å². The van der Waals surface area contributed by atoms with Crippen LogP contribution in [0.15, 0.2) is 24.3 Å². The summed E-state index contributed by atoms with van der Waals surface area (Å²) in [5.41, 5.74) is 2.61. The number of aromatic carboxylic acids is 1. The molecule has 0 spiro atoms. The number of benzene rings is 1. The van der Waals surface area contributed by atoms with E-state index in [4.69, 9.17) is 10.1 Å². The van der Waals surface area contributed by atoms with Crippen LogP contribution in [0.3, 0.4) is 0 Å². The van der Waals surface area contributed by atoms with E-state index in [9.17, 15) is 4.79 Å². The molecule has 0 fully saturated rings. The maximum atomic E-state index is 10.9. The molecule has 1 aromatic carbocycles. The fraction of sp³-hybridized carbons (Fsp3) is 0.444. The fourth-order valence-corrected chi connectivity index (χ4v) is 4.26. The highest BCUT2D eigenvalue weighted by Gasteiger charge is 2.40. The average molecular weight is 330 g/mol. The number of carboxylic acids is 1. The van der Waals surface area contributed by atoms with Gasteiger partial charge in [0.05, 0.1) is 11.3 Å². The molecule has 0 aliphatic heterocycles. The Kier molecular flexibility index (Phi) is 3.71. The van der Waals surface area contributed by atoms with Crippen LogP contribution in [0, 0.1) is 0 Å². The van der Waals surface area contributed by atoms with Crippen LogP contribution in [0.4, 0.5) is 10.8 Å². The lowest BCUT2D eigenvalue weighted by atomic mass is 9.69. The van der Waals surface area contributed by atoms with E-state index in [-0.39, 0.29) is 16.4 Å². The van der Waals surface area contributed by atoms with E-state index < -0.39 is 5.97 Å². The first-order chi connectivity index (χ1) is 10.7. The van der Waals surface area contributed by atoms with E-state index in [1.807, 2.05) is 0 Å². The topological polar surface area (TPSA) is 62.2 Å². The third-order valence-corrected chi connectivity index (χ3v) is 5.98. The summed E-state index contributed by atoms with van der Waals surface area (Å²) < 4.78 is 0. The number of nitrogens with one attached hydrogen (secondary N) is 1. The third kappa shape index (κ3) is 2.98. The summed E-state index contributed by atoms with van der Waals surface area (Å²) >= 11 is 1.71. The Hall–Kier alpha value is -1.88. The standard InChI is InChI=1S/C18H22N2O2S/c1-17(2)9-10-18(3,4)14-13(17)20-16(23-14)19-12-7-5-11(6-8-12)15(21)22/h5-8H,9-10H2,1-4H3,(H,19,20)(H,21,22). The van der Waals surface area contributed by atoms with Crippen molar-refractivity contribution in [3.05, 3.63) is 40.4 Å². The maximum absolute atomic E-state index is 10.9. The van der Waals surface area contributed by atoms with Crippen molar-refractivity contribution in [1.29, 1.82) is 0 Å². The predicted molar refractivity (Wildman–Crippen MR) is 94.1 cm³/mol. The van der Waals surface area contributed by atoms with Crippen molar-refractivity contribution in [2.45, 2.75) is 51.4 Å². The zero-order chi connectivity index (χ0) is 16.8. The van der Waals surface area contributed by atoms with Gasteiger partial charge in [0.2, 0.25) is 0 Å². The number of carbonyl (C=O) groups is 1. The van der Waals surface area contributed by atoms with Gasteiger partial charge in [0.15, 0.2) is 5.13 Å². The summed E-state index contributed by atoms with van der Waals surface area (Å²) in [4.78, 5) is 17.1. The Morgan fingerprint density at radius 2 is 1.74 bits per heavy atom. The van der Waals surface area contributed by atoms with Crippen molar-refractivity contribution in [3.8, 4) is 0 Å². The number of nitrogens with zero attached hydrogens (tertiary/aromatic N) is 1. The summed E-state index contributed by atoms with van der Waals surface area (Å²) in [6.07, 6.45) is 2.31. The molecule has 1 aliphatic rings. The minimum Gasteiger partial charge on any atom is -0.478 e. The normalized spacial score (nSPS) is 18.3. The zero-order valence-corrected chi connectivity index (χ0v) is 14.8. The summed E-state index contributed by atoms with van der Waals surface area (Å²) in [6, 6.07) is 6.76. The molecule has 1 aromatic heterocycles. The molecule has 0 atom stereocenters. The highest BCUT2D eigenvalue weighted by molar-refractivity contribution is 7.16. The lowest BCUT2D eigenvalue weighted by Crippen LogP contribution is -2.32. The van der Waals surface area contributed by atoms with Gasteiger partial charge in [-0.25, -0.2) is 9.78 Å². The van der Waals surface area contributed by atoms with Crippen LogP contribution >= 0.6 is 11.3 Å². The molecular formula is C18H22N2O2S. The molecule has 0 unspecified atom stereocenters. The van der Waals surface area contributed by atoms with Gasteiger partial charge in [-0.1, -0.05) is 27.7 Å². The minimum absolute atomic E-state index is 0.106. The highest BCUT2D eigenvalue weighted by Crippen LogP contribution is 2.49. The van der Waals surface area contributed by atoms with Crippen LogP contribution in [0.2, 0.25) is 0 Å². The number of hydrogen-bond donors (Lipinski definition) is 2. The number of anilines is 2. The van der Waals surface area contributed by atoms with Gasteiger partial charge in [0.25, 0.3) is 0 Å². The van der Waals surface area contributed by atoms with Gasteiger partial charge in [0.1, 0.15) is 0 Å². The smallest absolute Gasteiger partial charge is 0.335 e. The molecule has 0 radical (unpaired) electrons. The molecule has 0 saturated carbocycles. The summed E-state index contributed by atoms with van der Waals surface area (Å²) in [5, 5.41) is 13.2. The second kappa shape index (κ2) is 5.34. The number of thiazole rings is 1. The molecule has 0 bridgehead atoms. The SMILES string of the molecule is CC1(C)CCC(C)(C)c2sc(Nc3ccc(C(=O)O)cc3)nc21. The molecule has 122 valence electrons. The largest absolute Gasteiger partial charge is 0.478 e. The number of carboxylic acid groups (broad SMARTS) is 1. The summed E-state index contributed by atoms with van der Waals surface area (Å²) in [6.45, 7) is 9.08. The van der Waals surface area contributed by atoms with Crippen molar-refractivity contribution in [1.82, 2.24) is 4.98 Å². The highest BCUT2D eigenvalue weighted by atomic mass is 32.1. The van der Waals surface area contributed by atoms with Crippen LogP contribution in [0.1, 0.15) is 61.5 Å². The monoisotopic (exact) mass is 330 g/mol. The molecule has 0 amide bonds. The zero-order valence-electron chi connectivity index (χ0n) is 13.9. The molecule has 4 nitrogen and oxygen atoms in total. The molecule has 1 heterocycles. The van der Waals surface area contributed by atoms with E-state index in [0.717, 1.165) is 17.2 Å². The van der Waals surface area contributed by atoms with E-state index in [1.165, 1.54) is 17.0 Å². The quantitative estimate of drug-likeness (QED) is 0.837. The van der Waals surface area contributed by atoms with Crippen molar-refractivity contribution < 1.29 is 9.90 Å². The van der Waals surface area contributed by atoms with Crippen molar-refractivity contribution in [2.24, 2.45) is 0 Å². The van der Waals surface area contributed by atoms with Gasteiger partial charge in [0, 0.05) is 21.4 Å². The second-order valence-corrected chi connectivity index (χ2v) is 8.47. The molecule has 2 aromatic rings. The second-order valence-electron chi connectivity index (χ2n) is 7.47. The fourth-order valence-electron chi connectivity index (χ4n) is 2.97. The molecule has 3 rings (SSSR count). The molecule has 0 saturated heterocycles. The van der Waals surface area contributed by atoms with Gasteiger partial charge in [-0.2, -0.15) is 0 Å². The van der Waals surface area contributed by atoms with E-state index in [2.05, 4.69) is 33.0 Å². The number of rotatable bonds is 3. The summed E-state index contributed by atoms with van der Waals surface area (Å²) in [5.74, 6) is -0.912. The Labute approximate surface area is 140 Å². The van der Waals surface area contributed by atoms with Gasteiger partial charge in [-0.05, 0) is 37.1 Å². The van der Waals surface area contributed by atoms with Crippen LogP contribution in [0.25, 0.3) is 0 Å².